The number of aromatic nitrogens is 3. The number of aromatic amines is 2. The zero-order chi connectivity index (χ0) is 26.3. The Labute approximate surface area is 225 Å². The summed E-state index contributed by atoms with van der Waals surface area (Å²) in [5, 5.41) is 3.48. The van der Waals surface area contributed by atoms with Gasteiger partial charge in [-0.05, 0) is 62.6 Å². The van der Waals surface area contributed by atoms with Crippen LogP contribution in [0.15, 0.2) is 53.5 Å². The summed E-state index contributed by atoms with van der Waals surface area (Å²) in [6, 6.07) is 11.1. The van der Waals surface area contributed by atoms with Gasteiger partial charge in [-0.1, -0.05) is 12.1 Å². The molecule has 0 aliphatic carbocycles. The molecule has 1 unspecified atom stereocenters. The molecule has 4 aromatic rings. The minimum Gasteiger partial charge on any atom is -0.361 e. The normalized spacial score (nSPS) is 15.4. The average molecular weight is 543 g/mol. The number of piperidine rings is 1. The predicted octanol–water partition coefficient (Wildman–Crippen LogP) is 3.00. The molecule has 38 heavy (non-hydrogen) atoms. The van der Waals surface area contributed by atoms with E-state index in [4.69, 9.17) is 5.73 Å². The molecular weight excluding hydrogens is 511 g/mol. The number of hydrogen-bond donors (Lipinski definition) is 4. The van der Waals surface area contributed by atoms with Crippen LogP contribution in [0.3, 0.4) is 0 Å². The van der Waals surface area contributed by atoms with Crippen LogP contribution in [0.5, 0.6) is 0 Å². The first kappa shape index (κ1) is 27.4. The van der Waals surface area contributed by atoms with Crippen molar-refractivity contribution in [2.24, 2.45) is 5.73 Å². The van der Waals surface area contributed by atoms with Crippen LogP contribution in [-0.2, 0) is 16.0 Å². The zero-order valence-electron chi connectivity index (χ0n) is 21.3. The highest BCUT2D eigenvalue weighted by Crippen LogP contribution is 2.26. The number of nitrogens with one attached hydrogen (secondary N) is 3. The quantitative estimate of drug-likeness (QED) is 0.298. The fourth-order valence-electron chi connectivity index (χ4n) is 5.09. The van der Waals surface area contributed by atoms with E-state index in [2.05, 4.69) is 15.3 Å². The monoisotopic (exact) mass is 542 g/mol. The molecule has 2 amide bonds. The van der Waals surface area contributed by atoms with Crippen molar-refractivity contribution < 1.29 is 14.0 Å². The van der Waals surface area contributed by atoms with Gasteiger partial charge in [0.15, 0.2) is 0 Å². The van der Waals surface area contributed by atoms with Crippen LogP contribution in [-0.4, -0.2) is 55.9 Å². The van der Waals surface area contributed by atoms with Gasteiger partial charge >= 0.3 is 5.69 Å². The van der Waals surface area contributed by atoms with Gasteiger partial charge in [0, 0.05) is 42.7 Å². The van der Waals surface area contributed by atoms with Gasteiger partial charge in [-0.15, -0.1) is 12.4 Å². The van der Waals surface area contributed by atoms with Gasteiger partial charge in [-0.25, -0.2) is 9.18 Å². The van der Waals surface area contributed by atoms with Crippen LogP contribution < -0.4 is 16.7 Å². The van der Waals surface area contributed by atoms with E-state index in [-0.39, 0.29) is 42.3 Å². The number of fused-ring (bicyclic) bond motifs is 2. The van der Waals surface area contributed by atoms with Crippen LogP contribution in [0.4, 0.5) is 4.39 Å². The summed E-state index contributed by atoms with van der Waals surface area (Å²) in [5.41, 5.74) is 7.77. The number of amides is 2. The third kappa shape index (κ3) is 5.32. The molecule has 1 aliphatic rings. The number of para-hydroxylation sites is 2. The van der Waals surface area contributed by atoms with Crippen molar-refractivity contribution >= 4 is 46.2 Å². The molecule has 0 spiro atoms. The second-order valence-electron chi connectivity index (χ2n) is 10.3. The number of halogens is 2. The fraction of sp³-hybridized carbons (Fsp3) is 0.370. The molecule has 2 aromatic heterocycles. The molecule has 11 heteroatoms. The second kappa shape index (κ2) is 10.6. The number of likely N-dealkylation sites (tertiary alicyclic amines) is 1. The topological polar surface area (TPSA) is 129 Å². The average Bonchev–Trinajstić information content (AvgIpc) is 3.42. The predicted molar refractivity (Wildman–Crippen MR) is 147 cm³/mol. The highest BCUT2D eigenvalue weighted by Gasteiger charge is 2.33. The van der Waals surface area contributed by atoms with Gasteiger partial charge in [-0.3, -0.25) is 14.2 Å². The summed E-state index contributed by atoms with van der Waals surface area (Å²) < 4.78 is 15.7. The summed E-state index contributed by atoms with van der Waals surface area (Å²) >= 11 is 0. The zero-order valence-corrected chi connectivity index (χ0v) is 22.1. The van der Waals surface area contributed by atoms with Crippen LogP contribution in [0.25, 0.3) is 21.9 Å². The maximum absolute atomic E-state index is 13.9. The third-order valence-corrected chi connectivity index (χ3v) is 7.11. The van der Waals surface area contributed by atoms with E-state index < -0.39 is 17.5 Å². The van der Waals surface area contributed by atoms with Crippen molar-refractivity contribution in [1.82, 2.24) is 24.8 Å². The Morgan fingerprint density at radius 2 is 1.87 bits per heavy atom. The maximum Gasteiger partial charge on any atom is 0.326 e. The second-order valence-corrected chi connectivity index (χ2v) is 10.3. The number of rotatable bonds is 6. The Bertz CT molecular complexity index is 1530. The largest absolute Gasteiger partial charge is 0.361 e. The lowest BCUT2D eigenvalue weighted by Crippen LogP contribution is -2.57. The first-order chi connectivity index (χ1) is 17.6. The molecule has 0 saturated carbocycles. The summed E-state index contributed by atoms with van der Waals surface area (Å²) in [6.07, 6.45) is 3.13. The van der Waals surface area contributed by atoms with E-state index in [1.54, 1.807) is 35.6 Å². The molecule has 1 atom stereocenters. The summed E-state index contributed by atoms with van der Waals surface area (Å²) in [5.74, 6) is -1.05. The highest BCUT2D eigenvalue weighted by atomic mass is 35.5. The molecule has 9 nitrogen and oxygen atoms in total. The lowest BCUT2D eigenvalue weighted by molar-refractivity contribution is -0.138. The Morgan fingerprint density at radius 3 is 2.58 bits per heavy atom. The van der Waals surface area contributed by atoms with Crippen LogP contribution in [0.1, 0.15) is 38.3 Å². The molecule has 5 N–H and O–H groups in total. The lowest BCUT2D eigenvalue weighted by Gasteiger charge is -2.35. The lowest BCUT2D eigenvalue weighted by atomic mass is 9.99. The molecule has 2 aromatic carbocycles. The van der Waals surface area contributed by atoms with Crippen molar-refractivity contribution in [3.63, 3.8) is 0 Å². The Hall–Kier alpha value is -3.63. The van der Waals surface area contributed by atoms with Crippen LogP contribution in [0, 0.1) is 5.82 Å². The van der Waals surface area contributed by atoms with E-state index in [9.17, 15) is 18.8 Å². The fourth-order valence-corrected chi connectivity index (χ4v) is 5.09. The van der Waals surface area contributed by atoms with E-state index >= 15 is 0 Å². The standard InChI is InChI=1S/C27H31FN6O3.ClH/c1-27(2,29)25(36)31-22(13-16-15-30-20-8-7-17(28)14-19(16)20)24(35)33-11-9-18(10-12-33)34-23-6-4-3-5-21(23)32-26(34)37;/h3-8,14-15,18,22,30H,9-13,29H2,1-2H3,(H,31,36)(H,32,37);1H. The van der Waals surface area contributed by atoms with Gasteiger partial charge in [0.1, 0.15) is 11.9 Å². The molecule has 1 fully saturated rings. The minimum absolute atomic E-state index is 0. The van der Waals surface area contributed by atoms with Crippen LogP contribution in [0.2, 0.25) is 0 Å². The van der Waals surface area contributed by atoms with Crippen LogP contribution >= 0.6 is 12.4 Å². The Morgan fingerprint density at radius 1 is 1.16 bits per heavy atom. The van der Waals surface area contributed by atoms with Gasteiger partial charge in [0.05, 0.1) is 16.6 Å². The van der Waals surface area contributed by atoms with Gasteiger partial charge in [-0.2, -0.15) is 0 Å². The molecule has 1 saturated heterocycles. The van der Waals surface area contributed by atoms with Gasteiger partial charge in [0.25, 0.3) is 0 Å². The van der Waals surface area contributed by atoms with E-state index in [1.165, 1.54) is 12.1 Å². The number of hydrogen-bond acceptors (Lipinski definition) is 4. The van der Waals surface area contributed by atoms with Gasteiger partial charge < -0.3 is 25.9 Å². The smallest absolute Gasteiger partial charge is 0.326 e. The van der Waals surface area contributed by atoms with E-state index in [0.29, 0.717) is 31.3 Å². The summed E-state index contributed by atoms with van der Waals surface area (Å²) in [6.45, 7) is 4.04. The van der Waals surface area contributed by atoms with Crippen molar-refractivity contribution in [1.29, 1.82) is 0 Å². The minimum atomic E-state index is -1.17. The molecule has 5 rings (SSSR count). The van der Waals surface area contributed by atoms with E-state index in [0.717, 1.165) is 22.1 Å². The highest BCUT2D eigenvalue weighted by molar-refractivity contribution is 5.92. The molecule has 202 valence electrons. The van der Waals surface area contributed by atoms with Crippen molar-refractivity contribution in [3.8, 4) is 0 Å². The molecule has 1 aliphatic heterocycles. The molecule has 0 bridgehead atoms. The first-order valence-electron chi connectivity index (χ1n) is 12.4. The molecular formula is C27H32ClFN6O3. The first-order valence-corrected chi connectivity index (χ1v) is 12.4. The van der Waals surface area contributed by atoms with Crippen molar-refractivity contribution in [2.45, 2.75) is 50.7 Å². The molecule has 3 heterocycles. The number of carbonyl (C=O) groups is 2. The number of carbonyl (C=O) groups excluding carboxylic acids is 2. The third-order valence-electron chi connectivity index (χ3n) is 7.11. The number of benzene rings is 2. The van der Waals surface area contributed by atoms with E-state index in [1.807, 2.05) is 24.3 Å². The van der Waals surface area contributed by atoms with Crippen molar-refractivity contribution in [2.75, 3.05) is 13.1 Å². The Balaban J connectivity index is 0.00000336. The summed E-state index contributed by atoms with van der Waals surface area (Å²) in [4.78, 5) is 46.8. The number of H-pyrrole nitrogens is 2. The number of nitrogens with zero attached hydrogens (tertiary/aromatic N) is 2. The van der Waals surface area contributed by atoms with Crippen molar-refractivity contribution in [3.05, 3.63) is 70.5 Å². The van der Waals surface area contributed by atoms with Gasteiger partial charge in [0.2, 0.25) is 11.8 Å². The SMILES string of the molecule is CC(C)(N)C(=O)NC(Cc1c[nH]c2ccc(F)cc12)C(=O)N1CCC(n2c(=O)[nH]c3ccccc32)CC1.Cl. The Kier molecular flexibility index (Phi) is 7.66. The summed E-state index contributed by atoms with van der Waals surface area (Å²) in [7, 11) is 0. The molecule has 0 radical (unpaired) electrons. The number of nitrogens with two attached hydrogens (primary N) is 1. The number of imidazole rings is 1. The maximum atomic E-state index is 13.9.